The fourth-order valence-corrected chi connectivity index (χ4v) is 2.68. The smallest absolute Gasteiger partial charge is 0.257 e. The van der Waals surface area contributed by atoms with Crippen LogP contribution >= 0.6 is 0 Å². The first kappa shape index (κ1) is 15.6. The lowest BCUT2D eigenvalue weighted by Crippen LogP contribution is -2.45. The first-order valence-electron chi connectivity index (χ1n) is 7.81. The molecule has 5 heteroatoms. The number of carbonyl (C=O) groups is 2. The summed E-state index contributed by atoms with van der Waals surface area (Å²) >= 11 is 0. The van der Waals surface area contributed by atoms with Crippen LogP contribution in [0.5, 0.6) is 0 Å². The van der Waals surface area contributed by atoms with Gasteiger partial charge in [-0.2, -0.15) is 0 Å². The standard InChI is InChI=1S/C16H24N2O3/c1-2-3-4-8-17-15(19)13-6-5-9-18(11-13)16(20)14-7-10-21-12-14/h7,10,12-13H,2-6,8-9,11H2,1H3,(H,17,19)/t13-/m0/s1. The Balaban J connectivity index is 1.83. The lowest BCUT2D eigenvalue weighted by molar-refractivity contribution is -0.126. The normalized spacial score (nSPS) is 18.5. The maximum atomic E-state index is 12.3. The lowest BCUT2D eigenvalue weighted by Gasteiger charge is -2.31. The molecule has 1 N–H and O–H groups in total. The molecule has 2 rings (SSSR count). The number of nitrogens with one attached hydrogen (secondary N) is 1. The molecule has 1 aromatic rings. The summed E-state index contributed by atoms with van der Waals surface area (Å²) in [5.74, 6) is -0.0562. The molecule has 0 bridgehead atoms. The summed E-state index contributed by atoms with van der Waals surface area (Å²) in [5, 5.41) is 2.99. The van der Waals surface area contributed by atoms with Crippen LogP contribution in [0.3, 0.4) is 0 Å². The fraction of sp³-hybridized carbons (Fsp3) is 0.625. The molecule has 116 valence electrons. The third-order valence-corrected chi connectivity index (χ3v) is 3.93. The molecule has 2 amide bonds. The second-order valence-electron chi connectivity index (χ2n) is 5.60. The van der Waals surface area contributed by atoms with Gasteiger partial charge in [-0.3, -0.25) is 9.59 Å². The molecule has 0 spiro atoms. The quantitative estimate of drug-likeness (QED) is 0.819. The molecule has 2 heterocycles. The van der Waals surface area contributed by atoms with E-state index in [4.69, 9.17) is 4.42 Å². The van der Waals surface area contributed by atoms with Crippen molar-refractivity contribution in [2.75, 3.05) is 19.6 Å². The van der Waals surface area contributed by atoms with Gasteiger partial charge in [0.2, 0.25) is 5.91 Å². The van der Waals surface area contributed by atoms with E-state index in [0.717, 1.165) is 38.6 Å². The molecule has 0 aliphatic carbocycles. The van der Waals surface area contributed by atoms with Gasteiger partial charge in [-0.15, -0.1) is 0 Å². The zero-order chi connectivity index (χ0) is 15.1. The van der Waals surface area contributed by atoms with Gasteiger partial charge in [0.25, 0.3) is 5.91 Å². The van der Waals surface area contributed by atoms with Crippen LogP contribution in [0.25, 0.3) is 0 Å². The van der Waals surface area contributed by atoms with E-state index in [1.165, 1.54) is 12.5 Å². The first-order valence-corrected chi connectivity index (χ1v) is 7.81. The van der Waals surface area contributed by atoms with Crippen molar-refractivity contribution < 1.29 is 14.0 Å². The number of nitrogens with zero attached hydrogens (tertiary/aromatic N) is 1. The van der Waals surface area contributed by atoms with E-state index in [1.54, 1.807) is 11.0 Å². The average Bonchev–Trinajstić information content (AvgIpc) is 3.05. The first-order chi connectivity index (χ1) is 10.2. The van der Waals surface area contributed by atoms with E-state index < -0.39 is 0 Å². The van der Waals surface area contributed by atoms with E-state index >= 15 is 0 Å². The van der Waals surface area contributed by atoms with Crippen molar-refractivity contribution in [1.82, 2.24) is 10.2 Å². The zero-order valence-electron chi connectivity index (χ0n) is 12.6. The van der Waals surface area contributed by atoms with Crippen molar-refractivity contribution in [3.05, 3.63) is 24.2 Å². The second kappa shape index (κ2) is 7.86. The molecule has 1 aliphatic heterocycles. The van der Waals surface area contributed by atoms with Crippen LogP contribution in [-0.2, 0) is 4.79 Å². The summed E-state index contributed by atoms with van der Waals surface area (Å²) in [5.41, 5.74) is 0.555. The largest absolute Gasteiger partial charge is 0.472 e. The highest BCUT2D eigenvalue weighted by Crippen LogP contribution is 2.19. The van der Waals surface area contributed by atoms with E-state index in [-0.39, 0.29) is 17.7 Å². The van der Waals surface area contributed by atoms with Crippen LogP contribution in [0.1, 0.15) is 49.4 Å². The van der Waals surface area contributed by atoms with Crippen LogP contribution in [0.4, 0.5) is 0 Å². The van der Waals surface area contributed by atoms with Gasteiger partial charge in [-0.25, -0.2) is 0 Å². The van der Waals surface area contributed by atoms with Crippen molar-refractivity contribution >= 4 is 11.8 Å². The molecule has 21 heavy (non-hydrogen) atoms. The minimum Gasteiger partial charge on any atom is -0.472 e. The predicted molar refractivity (Wildman–Crippen MR) is 79.9 cm³/mol. The molecule has 0 unspecified atom stereocenters. The SMILES string of the molecule is CCCCCNC(=O)[C@H]1CCCN(C(=O)c2ccoc2)C1. The second-order valence-corrected chi connectivity index (χ2v) is 5.60. The summed E-state index contributed by atoms with van der Waals surface area (Å²) in [6.45, 7) is 4.09. The summed E-state index contributed by atoms with van der Waals surface area (Å²) in [6.07, 6.45) is 7.98. The van der Waals surface area contributed by atoms with Crippen molar-refractivity contribution in [2.24, 2.45) is 5.92 Å². The number of rotatable bonds is 6. The Morgan fingerprint density at radius 1 is 1.43 bits per heavy atom. The van der Waals surface area contributed by atoms with E-state index in [9.17, 15) is 9.59 Å². The van der Waals surface area contributed by atoms with Crippen molar-refractivity contribution in [2.45, 2.75) is 39.0 Å². The lowest BCUT2D eigenvalue weighted by atomic mass is 9.96. The molecule has 1 aliphatic rings. The number of likely N-dealkylation sites (tertiary alicyclic amines) is 1. The summed E-state index contributed by atoms with van der Waals surface area (Å²) in [6, 6.07) is 1.66. The molecule has 1 aromatic heterocycles. The van der Waals surface area contributed by atoms with E-state index in [2.05, 4.69) is 12.2 Å². The van der Waals surface area contributed by atoms with Gasteiger partial charge in [-0.1, -0.05) is 19.8 Å². The summed E-state index contributed by atoms with van der Waals surface area (Å²) in [4.78, 5) is 26.2. The number of piperidine rings is 1. The minimum absolute atomic E-state index is 0.0489. The number of hydrogen-bond donors (Lipinski definition) is 1. The maximum absolute atomic E-state index is 12.3. The van der Waals surface area contributed by atoms with E-state index in [0.29, 0.717) is 18.7 Å². The van der Waals surface area contributed by atoms with Gasteiger partial charge < -0.3 is 14.6 Å². The Labute approximate surface area is 125 Å². The number of amides is 2. The third kappa shape index (κ3) is 4.34. The van der Waals surface area contributed by atoms with Gasteiger partial charge in [-0.05, 0) is 25.3 Å². The van der Waals surface area contributed by atoms with Crippen LogP contribution < -0.4 is 5.32 Å². The Hall–Kier alpha value is -1.78. The molecule has 1 saturated heterocycles. The monoisotopic (exact) mass is 292 g/mol. The van der Waals surface area contributed by atoms with Crippen LogP contribution in [0.15, 0.2) is 23.0 Å². The van der Waals surface area contributed by atoms with Crippen LogP contribution in [0, 0.1) is 5.92 Å². The fourth-order valence-electron chi connectivity index (χ4n) is 2.68. The molecule has 0 aromatic carbocycles. The molecule has 0 saturated carbocycles. The Morgan fingerprint density at radius 3 is 3.00 bits per heavy atom. The van der Waals surface area contributed by atoms with Gasteiger partial charge in [0.05, 0.1) is 17.7 Å². The Kier molecular flexibility index (Phi) is 5.84. The molecular weight excluding hydrogens is 268 g/mol. The predicted octanol–water partition coefficient (Wildman–Crippen LogP) is 2.44. The summed E-state index contributed by atoms with van der Waals surface area (Å²) in [7, 11) is 0. The van der Waals surface area contributed by atoms with Gasteiger partial charge in [0, 0.05) is 19.6 Å². The molecule has 1 atom stereocenters. The Bertz CT molecular complexity index is 456. The van der Waals surface area contributed by atoms with Gasteiger partial charge in [0.15, 0.2) is 0 Å². The number of hydrogen-bond acceptors (Lipinski definition) is 3. The number of unbranched alkanes of at least 4 members (excludes halogenated alkanes) is 2. The Morgan fingerprint density at radius 2 is 2.29 bits per heavy atom. The molecule has 1 fully saturated rings. The average molecular weight is 292 g/mol. The topological polar surface area (TPSA) is 62.6 Å². The van der Waals surface area contributed by atoms with Gasteiger partial charge in [0.1, 0.15) is 6.26 Å². The number of furan rings is 1. The summed E-state index contributed by atoms with van der Waals surface area (Å²) < 4.78 is 4.95. The third-order valence-electron chi connectivity index (χ3n) is 3.93. The number of carbonyl (C=O) groups excluding carboxylic acids is 2. The van der Waals surface area contributed by atoms with Crippen molar-refractivity contribution in [1.29, 1.82) is 0 Å². The molecular formula is C16H24N2O3. The maximum Gasteiger partial charge on any atom is 0.257 e. The highest BCUT2D eigenvalue weighted by molar-refractivity contribution is 5.94. The highest BCUT2D eigenvalue weighted by Gasteiger charge is 2.28. The zero-order valence-corrected chi connectivity index (χ0v) is 12.6. The van der Waals surface area contributed by atoms with Crippen LogP contribution in [-0.4, -0.2) is 36.3 Å². The highest BCUT2D eigenvalue weighted by atomic mass is 16.3. The molecule has 5 nitrogen and oxygen atoms in total. The van der Waals surface area contributed by atoms with Crippen molar-refractivity contribution in [3.8, 4) is 0 Å². The minimum atomic E-state index is -0.0868. The van der Waals surface area contributed by atoms with Crippen LogP contribution in [0.2, 0.25) is 0 Å². The van der Waals surface area contributed by atoms with E-state index in [1.807, 2.05) is 0 Å². The molecule has 0 radical (unpaired) electrons. The van der Waals surface area contributed by atoms with Crippen molar-refractivity contribution in [3.63, 3.8) is 0 Å². The van der Waals surface area contributed by atoms with Gasteiger partial charge >= 0.3 is 0 Å².